The lowest BCUT2D eigenvalue weighted by Crippen LogP contribution is -2.67. The number of hydrogen-bond donors (Lipinski definition) is 0. The Morgan fingerprint density at radius 3 is 1.98 bits per heavy atom. The molecule has 4 nitrogen and oxygen atoms in total. The van der Waals surface area contributed by atoms with Crippen molar-refractivity contribution >= 4 is 27.0 Å². The monoisotopic (exact) mass is 648 g/mol. The van der Waals surface area contributed by atoms with Gasteiger partial charge in [0, 0.05) is 13.2 Å². The maximum atomic E-state index is 7.56. The molecule has 0 amide bonds. The predicted molar refractivity (Wildman–Crippen MR) is 192 cm³/mol. The van der Waals surface area contributed by atoms with Gasteiger partial charge < -0.3 is 18.3 Å². The molecule has 0 bridgehead atoms. The lowest BCUT2D eigenvalue weighted by molar-refractivity contribution is -0.172. The van der Waals surface area contributed by atoms with Gasteiger partial charge in [0.05, 0.1) is 6.10 Å². The fraction of sp³-hybridized carbons (Fsp3) is 0.641. The number of ether oxygens (including phenoxy) is 2. The largest absolute Gasteiger partial charge is 0.417 e. The molecule has 2 aliphatic carbocycles. The zero-order chi connectivity index (χ0) is 32.7. The Kier molecular flexibility index (Phi) is 9.90. The molecule has 0 aromatic heterocycles. The summed E-state index contributed by atoms with van der Waals surface area (Å²) in [5.41, 5.74) is 1.07. The molecule has 6 heteroatoms. The third kappa shape index (κ3) is 6.62. The Balaban J connectivity index is 1.45. The smallest absolute Gasteiger partial charge is 0.261 e. The van der Waals surface area contributed by atoms with E-state index in [4.69, 9.17) is 18.3 Å². The number of hydrogen-bond acceptors (Lipinski definition) is 4. The van der Waals surface area contributed by atoms with Gasteiger partial charge in [0.1, 0.15) is 5.60 Å². The van der Waals surface area contributed by atoms with Crippen LogP contribution in [0.2, 0.25) is 23.2 Å². The van der Waals surface area contributed by atoms with Crippen LogP contribution < -0.4 is 10.4 Å². The summed E-state index contributed by atoms with van der Waals surface area (Å²) in [5, 5.41) is 2.87. The van der Waals surface area contributed by atoms with Gasteiger partial charge in [-0.3, -0.25) is 0 Å². The highest BCUT2D eigenvalue weighted by Gasteiger charge is 2.63. The molecule has 3 fully saturated rings. The van der Waals surface area contributed by atoms with E-state index in [1.54, 1.807) is 0 Å². The normalized spacial score (nSPS) is 28.1. The second-order valence-corrected chi connectivity index (χ2v) is 26.0. The molecule has 248 valence electrons. The number of rotatable bonds is 9. The van der Waals surface area contributed by atoms with E-state index in [1.807, 2.05) is 0 Å². The second kappa shape index (κ2) is 12.8. The van der Waals surface area contributed by atoms with Crippen LogP contribution in [0.15, 0.2) is 72.3 Å². The second-order valence-electron chi connectivity index (χ2n) is 16.8. The fourth-order valence-electron chi connectivity index (χ4n) is 8.32. The molecule has 2 aromatic rings. The Bertz CT molecular complexity index is 1270. The van der Waals surface area contributed by atoms with E-state index in [-0.39, 0.29) is 21.8 Å². The average Bonchev–Trinajstić information content (AvgIpc) is 3.25. The van der Waals surface area contributed by atoms with Gasteiger partial charge in [-0.05, 0) is 103 Å². The minimum atomic E-state index is -2.63. The van der Waals surface area contributed by atoms with Gasteiger partial charge in [0.25, 0.3) is 8.32 Å². The van der Waals surface area contributed by atoms with Crippen molar-refractivity contribution in [3.63, 3.8) is 0 Å². The molecule has 3 aliphatic rings. The summed E-state index contributed by atoms with van der Waals surface area (Å²) in [6.45, 7) is 24.5. The standard InChI is InChI=1S/C39H60O4Si2/c1-36(2,3)44(9,10)40-28-18-20-31-19-17-25-34-30(26-27-35-39(31,34)43-38(7,8)42-35)29-41-45(37(4,5)6,32-21-13-11-14-22-32)33-23-15-12-16-24-33/h11-16,20-24,30,34-35H,17-19,25-29H2,1-10H3/b31-20+/t30-,34?,35+,39-/m0/s1. The average molecular weight is 649 g/mol. The van der Waals surface area contributed by atoms with Crippen LogP contribution in [0.1, 0.15) is 93.9 Å². The van der Waals surface area contributed by atoms with E-state index in [1.165, 1.54) is 22.4 Å². The minimum absolute atomic E-state index is 0.0403. The molecule has 1 unspecified atom stereocenters. The van der Waals surface area contributed by atoms with Gasteiger partial charge in [0.2, 0.25) is 0 Å². The molecule has 2 saturated carbocycles. The Labute approximate surface area is 276 Å². The molecule has 45 heavy (non-hydrogen) atoms. The van der Waals surface area contributed by atoms with E-state index < -0.39 is 22.4 Å². The molecule has 1 saturated heterocycles. The highest BCUT2D eigenvalue weighted by molar-refractivity contribution is 6.99. The van der Waals surface area contributed by atoms with Gasteiger partial charge in [-0.25, -0.2) is 0 Å². The molecule has 4 atom stereocenters. The van der Waals surface area contributed by atoms with Crippen LogP contribution in [0.4, 0.5) is 0 Å². The third-order valence-corrected chi connectivity index (χ3v) is 21.0. The van der Waals surface area contributed by atoms with E-state index in [0.717, 1.165) is 45.3 Å². The highest BCUT2D eigenvalue weighted by Crippen LogP contribution is 2.58. The molecule has 1 aliphatic heterocycles. The molecule has 5 rings (SSSR count). The van der Waals surface area contributed by atoms with Gasteiger partial charge >= 0.3 is 0 Å². The van der Waals surface area contributed by atoms with E-state index in [9.17, 15) is 0 Å². The first-order valence-electron chi connectivity index (χ1n) is 17.5. The third-order valence-electron chi connectivity index (χ3n) is 11.4. The van der Waals surface area contributed by atoms with Crippen molar-refractivity contribution in [2.45, 2.75) is 135 Å². The predicted octanol–water partition coefficient (Wildman–Crippen LogP) is 9.00. The van der Waals surface area contributed by atoms with Gasteiger partial charge in [-0.2, -0.15) is 0 Å². The molecule has 2 aromatic carbocycles. The molecule has 0 N–H and O–H groups in total. The van der Waals surface area contributed by atoms with Gasteiger partial charge in [0.15, 0.2) is 14.1 Å². The number of benzene rings is 2. The molecule has 1 heterocycles. The van der Waals surface area contributed by atoms with Crippen molar-refractivity contribution < 1.29 is 18.3 Å². The SMILES string of the molecule is CC1(C)O[C@@H]2CC[C@@H](CO[Si](c3ccccc3)(c3ccccc3)C(C)(C)C)C3CCC/C(=C\CCO[Si](C)(C)C(C)(C)C)[C@]32O1. The summed E-state index contributed by atoms with van der Waals surface area (Å²) < 4.78 is 28.0. The molecule has 0 radical (unpaired) electrons. The summed E-state index contributed by atoms with van der Waals surface area (Å²) >= 11 is 0. The van der Waals surface area contributed by atoms with E-state index >= 15 is 0 Å². The molecular formula is C39H60O4Si2. The fourth-order valence-corrected chi connectivity index (χ4v) is 14.0. The summed E-state index contributed by atoms with van der Waals surface area (Å²) in [5.74, 6) is 0.190. The van der Waals surface area contributed by atoms with Gasteiger partial charge in [-0.1, -0.05) is 108 Å². The van der Waals surface area contributed by atoms with Gasteiger partial charge in [-0.15, -0.1) is 0 Å². The summed E-state index contributed by atoms with van der Waals surface area (Å²) in [6.07, 6.45) is 9.03. The van der Waals surface area contributed by atoms with Crippen LogP contribution >= 0.6 is 0 Å². The maximum absolute atomic E-state index is 7.56. The van der Waals surface area contributed by atoms with Crippen LogP contribution in [-0.4, -0.2) is 47.3 Å². The maximum Gasteiger partial charge on any atom is 0.261 e. The summed E-state index contributed by atoms with van der Waals surface area (Å²) in [7, 11) is -4.42. The highest BCUT2D eigenvalue weighted by atomic mass is 28.4. The van der Waals surface area contributed by atoms with Crippen molar-refractivity contribution in [2.24, 2.45) is 11.8 Å². The Morgan fingerprint density at radius 1 is 0.822 bits per heavy atom. The molecule has 1 spiro atoms. The van der Waals surface area contributed by atoms with Crippen LogP contribution in [0.3, 0.4) is 0 Å². The van der Waals surface area contributed by atoms with E-state index in [2.05, 4.69) is 135 Å². The zero-order valence-electron chi connectivity index (χ0n) is 29.9. The first kappa shape index (κ1) is 34.8. The molecular weight excluding hydrogens is 589 g/mol. The topological polar surface area (TPSA) is 36.9 Å². The minimum Gasteiger partial charge on any atom is -0.417 e. The van der Waals surface area contributed by atoms with Crippen LogP contribution in [0, 0.1) is 11.8 Å². The first-order chi connectivity index (χ1) is 21.0. The summed E-state index contributed by atoms with van der Waals surface area (Å²) in [4.78, 5) is 0. The van der Waals surface area contributed by atoms with Crippen LogP contribution in [0.25, 0.3) is 0 Å². The zero-order valence-corrected chi connectivity index (χ0v) is 31.9. The van der Waals surface area contributed by atoms with Crippen molar-refractivity contribution in [3.05, 3.63) is 72.3 Å². The van der Waals surface area contributed by atoms with E-state index in [0.29, 0.717) is 11.8 Å². The van der Waals surface area contributed by atoms with Crippen molar-refractivity contribution in [1.82, 2.24) is 0 Å². The van der Waals surface area contributed by atoms with Crippen molar-refractivity contribution in [2.75, 3.05) is 13.2 Å². The quantitative estimate of drug-likeness (QED) is 0.155. The van der Waals surface area contributed by atoms with Crippen molar-refractivity contribution in [1.29, 1.82) is 0 Å². The van der Waals surface area contributed by atoms with Crippen molar-refractivity contribution in [3.8, 4) is 0 Å². The Hall–Kier alpha value is -1.55. The first-order valence-corrected chi connectivity index (χ1v) is 22.3. The summed E-state index contributed by atoms with van der Waals surface area (Å²) in [6, 6.07) is 22.1. The van der Waals surface area contributed by atoms with Crippen LogP contribution in [-0.2, 0) is 18.3 Å². The lowest BCUT2D eigenvalue weighted by Gasteiger charge is -2.53. The Morgan fingerprint density at radius 2 is 1.42 bits per heavy atom. The lowest BCUT2D eigenvalue weighted by atomic mass is 9.59. The van der Waals surface area contributed by atoms with Crippen LogP contribution in [0.5, 0.6) is 0 Å².